The predicted molar refractivity (Wildman–Crippen MR) is 109 cm³/mol. The quantitative estimate of drug-likeness (QED) is 0.135. The molecule has 0 spiro atoms. The molecule has 0 bridgehead atoms. The van der Waals surface area contributed by atoms with Crippen LogP contribution in [0, 0.1) is 11.8 Å². The van der Waals surface area contributed by atoms with Crippen LogP contribution in [0.2, 0.25) is 0 Å². The third-order valence-corrected chi connectivity index (χ3v) is 5.80. The summed E-state index contributed by atoms with van der Waals surface area (Å²) in [5.74, 6) is 1.96. The van der Waals surface area contributed by atoms with Gasteiger partial charge in [-0.05, 0) is 30.2 Å². The fraction of sp³-hybridized carbons (Fsp3) is 0.952. The van der Waals surface area contributed by atoms with Crippen LogP contribution in [-0.2, 0) is 4.79 Å². The number of nitrogens with zero attached hydrogens (tertiary/aromatic N) is 3. The van der Waals surface area contributed by atoms with Crippen LogP contribution in [0.1, 0.15) is 103 Å². The molecule has 0 saturated heterocycles. The average Bonchev–Trinajstić information content (AvgIpc) is 2.57. The number of unbranched alkanes of at least 4 members (excludes halogenated alkanes) is 5. The Morgan fingerprint density at radius 3 is 2.31 bits per heavy atom. The first-order valence-electron chi connectivity index (χ1n) is 11.0. The smallest absolute Gasteiger partial charge is 0.216 e. The largest absolute Gasteiger partial charge is 0.356 e. The third kappa shape index (κ3) is 13.0. The number of nitrogens with one attached hydrogen (secondary N) is 1. The minimum atomic E-state index is 0.0766. The fourth-order valence-corrected chi connectivity index (χ4v) is 3.92. The van der Waals surface area contributed by atoms with Gasteiger partial charge in [-0.25, -0.2) is 0 Å². The van der Waals surface area contributed by atoms with Crippen LogP contribution in [0.3, 0.4) is 0 Å². The van der Waals surface area contributed by atoms with Gasteiger partial charge in [0.15, 0.2) is 0 Å². The van der Waals surface area contributed by atoms with E-state index in [4.69, 9.17) is 5.53 Å². The van der Waals surface area contributed by atoms with Crippen molar-refractivity contribution in [1.29, 1.82) is 0 Å². The molecule has 1 fully saturated rings. The summed E-state index contributed by atoms with van der Waals surface area (Å²) in [5.41, 5.74) is 8.36. The second kappa shape index (κ2) is 16.0. The highest BCUT2D eigenvalue weighted by Crippen LogP contribution is 2.32. The lowest BCUT2D eigenvalue weighted by Gasteiger charge is -2.25. The van der Waals surface area contributed by atoms with Gasteiger partial charge in [0.05, 0.1) is 0 Å². The van der Waals surface area contributed by atoms with E-state index in [1.807, 2.05) is 0 Å². The van der Waals surface area contributed by atoms with Crippen LogP contribution in [0.5, 0.6) is 0 Å². The molecule has 1 aliphatic carbocycles. The van der Waals surface area contributed by atoms with Crippen LogP contribution in [0.4, 0.5) is 0 Å². The first-order valence-corrected chi connectivity index (χ1v) is 11.0. The lowest BCUT2D eigenvalue weighted by atomic mass is 9.81. The van der Waals surface area contributed by atoms with E-state index in [-0.39, 0.29) is 5.91 Å². The van der Waals surface area contributed by atoms with Gasteiger partial charge in [-0.3, -0.25) is 4.79 Å². The first-order chi connectivity index (χ1) is 12.7. The lowest BCUT2D eigenvalue weighted by molar-refractivity contribution is -0.118. The van der Waals surface area contributed by atoms with E-state index in [1.54, 1.807) is 6.92 Å². The number of amides is 1. The molecule has 0 aromatic rings. The number of hydrogen-bond donors (Lipinski definition) is 1. The molecular formula is C21H40N4O. The molecule has 0 radical (unpaired) electrons. The van der Waals surface area contributed by atoms with Gasteiger partial charge in [0.25, 0.3) is 0 Å². The maximum absolute atomic E-state index is 10.8. The summed E-state index contributed by atoms with van der Waals surface area (Å²) < 4.78 is 0. The zero-order valence-electron chi connectivity index (χ0n) is 16.9. The molecule has 5 heteroatoms. The van der Waals surface area contributed by atoms with Gasteiger partial charge in [-0.15, -0.1) is 0 Å². The van der Waals surface area contributed by atoms with Crippen molar-refractivity contribution in [2.75, 3.05) is 13.1 Å². The third-order valence-electron chi connectivity index (χ3n) is 5.80. The normalized spacial score (nSPS) is 15.1. The molecule has 0 unspecified atom stereocenters. The molecule has 0 aromatic heterocycles. The summed E-state index contributed by atoms with van der Waals surface area (Å²) >= 11 is 0. The second-order valence-corrected chi connectivity index (χ2v) is 8.08. The summed E-state index contributed by atoms with van der Waals surface area (Å²) in [4.78, 5) is 13.7. The molecular weight excluding hydrogens is 324 g/mol. The average molecular weight is 365 g/mol. The van der Waals surface area contributed by atoms with Crippen molar-refractivity contribution in [1.82, 2.24) is 5.32 Å². The van der Waals surface area contributed by atoms with E-state index in [1.165, 1.54) is 83.5 Å². The molecule has 5 nitrogen and oxygen atoms in total. The molecule has 26 heavy (non-hydrogen) atoms. The SMILES string of the molecule is CC(=O)NCCCCCC[C@@H](CCCCN=[N+]=[N-])CCCCC1CCC1. The molecule has 1 saturated carbocycles. The van der Waals surface area contributed by atoms with Gasteiger partial charge in [0.2, 0.25) is 5.91 Å². The van der Waals surface area contributed by atoms with Crippen molar-refractivity contribution in [3.63, 3.8) is 0 Å². The Kier molecular flexibility index (Phi) is 14.0. The highest BCUT2D eigenvalue weighted by Gasteiger charge is 2.16. The van der Waals surface area contributed by atoms with Crippen molar-refractivity contribution in [3.8, 4) is 0 Å². The number of azide groups is 1. The molecule has 0 heterocycles. The van der Waals surface area contributed by atoms with E-state index in [9.17, 15) is 4.79 Å². The van der Waals surface area contributed by atoms with Crippen molar-refractivity contribution in [3.05, 3.63) is 10.4 Å². The summed E-state index contributed by atoms with van der Waals surface area (Å²) in [6, 6.07) is 0. The summed E-state index contributed by atoms with van der Waals surface area (Å²) in [7, 11) is 0. The molecule has 1 N–H and O–H groups in total. The van der Waals surface area contributed by atoms with Gasteiger partial charge in [0, 0.05) is 24.9 Å². The van der Waals surface area contributed by atoms with E-state index in [2.05, 4.69) is 15.3 Å². The van der Waals surface area contributed by atoms with Gasteiger partial charge in [0.1, 0.15) is 0 Å². The van der Waals surface area contributed by atoms with E-state index < -0.39 is 0 Å². The Balaban J connectivity index is 2.09. The summed E-state index contributed by atoms with van der Waals surface area (Å²) in [6.45, 7) is 3.05. The fourth-order valence-electron chi connectivity index (χ4n) is 3.92. The van der Waals surface area contributed by atoms with Crippen molar-refractivity contribution in [2.45, 2.75) is 103 Å². The molecule has 1 rings (SSSR count). The zero-order valence-corrected chi connectivity index (χ0v) is 16.9. The Labute approximate surface area is 160 Å². The van der Waals surface area contributed by atoms with Crippen LogP contribution >= 0.6 is 0 Å². The Morgan fingerprint density at radius 2 is 1.69 bits per heavy atom. The van der Waals surface area contributed by atoms with Crippen molar-refractivity contribution >= 4 is 5.91 Å². The standard InChI is InChI=1S/C21H40N4O/c1-19(26)23-17-8-3-2-4-11-20(14-7-9-18-24-25-22)12-5-6-13-21-15-10-16-21/h20-21H,2-18H2,1H3,(H,23,26)/t20-/m1/s1. The zero-order chi connectivity index (χ0) is 18.9. The highest BCUT2D eigenvalue weighted by atomic mass is 16.1. The van der Waals surface area contributed by atoms with Crippen molar-refractivity contribution < 1.29 is 4.79 Å². The minimum Gasteiger partial charge on any atom is -0.356 e. The van der Waals surface area contributed by atoms with Crippen LogP contribution in [-0.4, -0.2) is 19.0 Å². The second-order valence-electron chi connectivity index (χ2n) is 8.08. The van der Waals surface area contributed by atoms with Gasteiger partial charge in [-0.2, -0.15) is 0 Å². The molecule has 1 atom stereocenters. The van der Waals surface area contributed by atoms with Gasteiger partial charge < -0.3 is 5.32 Å². The Morgan fingerprint density at radius 1 is 1.04 bits per heavy atom. The monoisotopic (exact) mass is 364 g/mol. The highest BCUT2D eigenvalue weighted by molar-refractivity contribution is 5.72. The number of carbonyl (C=O) groups excluding carboxylic acids is 1. The number of rotatable bonds is 17. The maximum Gasteiger partial charge on any atom is 0.216 e. The topological polar surface area (TPSA) is 77.9 Å². The molecule has 0 aliphatic heterocycles. The Hall–Kier alpha value is -1.22. The summed E-state index contributed by atoms with van der Waals surface area (Å²) in [6.07, 6.45) is 19.8. The van der Waals surface area contributed by atoms with Gasteiger partial charge >= 0.3 is 0 Å². The minimum absolute atomic E-state index is 0.0766. The van der Waals surface area contributed by atoms with E-state index in [0.29, 0.717) is 6.54 Å². The molecule has 1 amide bonds. The van der Waals surface area contributed by atoms with Crippen molar-refractivity contribution in [2.24, 2.45) is 17.0 Å². The molecule has 150 valence electrons. The Bertz CT molecular complexity index is 403. The van der Waals surface area contributed by atoms with Crippen LogP contribution in [0.15, 0.2) is 5.11 Å². The summed E-state index contributed by atoms with van der Waals surface area (Å²) in [5, 5.41) is 6.52. The van der Waals surface area contributed by atoms with E-state index >= 15 is 0 Å². The lowest BCUT2D eigenvalue weighted by Crippen LogP contribution is -2.20. The maximum atomic E-state index is 10.8. The molecule has 0 aromatic carbocycles. The van der Waals surface area contributed by atoms with Crippen LogP contribution in [0.25, 0.3) is 10.4 Å². The number of carbonyl (C=O) groups is 1. The first kappa shape index (κ1) is 22.8. The molecule has 1 aliphatic rings. The predicted octanol–water partition coefficient (Wildman–Crippen LogP) is 6.53. The number of hydrogen-bond acceptors (Lipinski definition) is 2. The van der Waals surface area contributed by atoms with Gasteiger partial charge in [-0.1, -0.05) is 88.6 Å². The van der Waals surface area contributed by atoms with Crippen LogP contribution < -0.4 is 5.32 Å². The van der Waals surface area contributed by atoms with E-state index in [0.717, 1.165) is 31.2 Å².